The highest BCUT2D eigenvalue weighted by atomic mass is 79.9. The molecule has 0 heterocycles. The van der Waals surface area contributed by atoms with E-state index in [9.17, 15) is 9.59 Å². The summed E-state index contributed by atoms with van der Waals surface area (Å²) in [6.07, 6.45) is 0. The number of carbonyl (C=O) groups is 2. The number of nitrogens with one attached hydrogen (secondary N) is 1. The lowest BCUT2D eigenvalue weighted by atomic mass is 10.1. The lowest BCUT2D eigenvalue weighted by Crippen LogP contribution is -2.49. The van der Waals surface area contributed by atoms with Crippen molar-refractivity contribution in [1.82, 2.24) is 10.2 Å². The van der Waals surface area contributed by atoms with E-state index < -0.39 is 6.04 Å². The molecule has 2 aromatic carbocycles. The van der Waals surface area contributed by atoms with Crippen LogP contribution >= 0.6 is 27.7 Å². The maximum absolute atomic E-state index is 13.0. The molecule has 0 saturated carbocycles. The average Bonchev–Trinajstić information content (AvgIpc) is 2.66. The zero-order chi connectivity index (χ0) is 20.5. The predicted molar refractivity (Wildman–Crippen MR) is 120 cm³/mol. The minimum atomic E-state index is -0.536. The Labute approximate surface area is 180 Å². The van der Waals surface area contributed by atoms with Crippen molar-refractivity contribution in [2.24, 2.45) is 0 Å². The third-order valence-corrected chi connectivity index (χ3v) is 5.66. The number of hydrogen-bond acceptors (Lipinski definition) is 3. The van der Waals surface area contributed by atoms with Gasteiger partial charge in [0, 0.05) is 22.8 Å². The van der Waals surface area contributed by atoms with Gasteiger partial charge in [-0.05, 0) is 44.0 Å². The fourth-order valence-electron chi connectivity index (χ4n) is 2.73. The van der Waals surface area contributed by atoms with Gasteiger partial charge in [-0.1, -0.05) is 58.4 Å². The SMILES string of the molecule is CC(C)NC(=O)[C@@H](C)N(Cc1cccc(Br)c1)C(=O)CSCc1ccccc1. The zero-order valence-corrected chi connectivity index (χ0v) is 18.9. The minimum Gasteiger partial charge on any atom is -0.352 e. The highest BCUT2D eigenvalue weighted by Gasteiger charge is 2.26. The molecule has 0 aliphatic rings. The Bertz CT molecular complexity index is 783. The molecule has 0 fully saturated rings. The third kappa shape index (κ3) is 7.32. The largest absolute Gasteiger partial charge is 0.352 e. The van der Waals surface area contributed by atoms with Crippen molar-refractivity contribution >= 4 is 39.5 Å². The molecule has 2 aromatic rings. The summed E-state index contributed by atoms with van der Waals surface area (Å²) >= 11 is 5.04. The summed E-state index contributed by atoms with van der Waals surface area (Å²) in [7, 11) is 0. The fourth-order valence-corrected chi connectivity index (χ4v) is 4.05. The standard InChI is InChI=1S/C22H27BrN2O2S/c1-16(2)24-22(27)17(3)25(13-19-10-7-11-20(23)12-19)21(26)15-28-14-18-8-5-4-6-9-18/h4-12,16-17H,13-15H2,1-3H3,(H,24,27)/t17-/m1/s1. The first-order chi connectivity index (χ1) is 13.4. The van der Waals surface area contributed by atoms with E-state index >= 15 is 0 Å². The van der Waals surface area contributed by atoms with Crippen LogP contribution in [0, 0.1) is 0 Å². The molecule has 0 saturated heterocycles. The van der Waals surface area contributed by atoms with Crippen molar-refractivity contribution in [3.8, 4) is 0 Å². The molecule has 0 radical (unpaired) electrons. The fraction of sp³-hybridized carbons (Fsp3) is 0.364. The van der Waals surface area contributed by atoms with Crippen LogP contribution in [0.5, 0.6) is 0 Å². The van der Waals surface area contributed by atoms with Crippen molar-refractivity contribution in [2.75, 3.05) is 5.75 Å². The molecule has 6 heteroatoms. The lowest BCUT2D eigenvalue weighted by Gasteiger charge is -2.29. The van der Waals surface area contributed by atoms with Crippen LogP contribution in [0.3, 0.4) is 0 Å². The molecule has 0 unspecified atom stereocenters. The maximum atomic E-state index is 13.0. The van der Waals surface area contributed by atoms with Crippen LogP contribution in [0.1, 0.15) is 31.9 Å². The monoisotopic (exact) mass is 462 g/mol. The Balaban J connectivity index is 2.07. The minimum absolute atomic E-state index is 0.0326. The molecule has 0 aliphatic carbocycles. The van der Waals surface area contributed by atoms with Gasteiger partial charge in [-0.3, -0.25) is 9.59 Å². The molecular weight excluding hydrogens is 436 g/mol. The van der Waals surface area contributed by atoms with Crippen LogP contribution in [0.25, 0.3) is 0 Å². The van der Waals surface area contributed by atoms with Gasteiger partial charge in [-0.2, -0.15) is 0 Å². The second kappa shape index (κ2) is 11.3. The molecule has 4 nitrogen and oxygen atoms in total. The Morgan fingerprint density at radius 1 is 1.04 bits per heavy atom. The maximum Gasteiger partial charge on any atom is 0.242 e. The number of rotatable bonds is 9. The van der Waals surface area contributed by atoms with E-state index in [1.165, 1.54) is 5.56 Å². The van der Waals surface area contributed by atoms with Crippen molar-refractivity contribution in [3.63, 3.8) is 0 Å². The van der Waals surface area contributed by atoms with Crippen LogP contribution in [-0.2, 0) is 21.9 Å². The number of nitrogens with zero attached hydrogens (tertiary/aromatic N) is 1. The molecule has 0 spiro atoms. The normalized spacial score (nSPS) is 11.9. The van der Waals surface area contributed by atoms with Gasteiger partial charge in [0.25, 0.3) is 0 Å². The van der Waals surface area contributed by atoms with Crippen molar-refractivity contribution in [2.45, 2.75) is 45.2 Å². The molecule has 0 aliphatic heterocycles. The predicted octanol–water partition coefficient (Wildman–Crippen LogP) is 4.62. The van der Waals surface area contributed by atoms with Gasteiger partial charge < -0.3 is 10.2 Å². The van der Waals surface area contributed by atoms with Gasteiger partial charge in [-0.25, -0.2) is 0 Å². The molecule has 2 amide bonds. The second-order valence-electron chi connectivity index (χ2n) is 6.97. The highest BCUT2D eigenvalue weighted by Crippen LogP contribution is 2.18. The summed E-state index contributed by atoms with van der Waals surface area (Å²) in [5.41, 5.74) is 2.17. The highest BCUT2D eigenvalue weighted by molar-refractivity contribution is 9.10. The Morgan fingerprint density at radius 3 is 2.36 bits per heavy atom. The van der Waals surface area contributed by atoms with Crippen LogP contribution in [0.15, 0.2) is 59.1 Å². The number of halogens is 1. The Hall–Kier alpha value is -1.79. The second-order valence-corrected chi connectivity index (χ2v) is 8.87. The molecule has 150 valence electrons. The van der Waals surface area contributed by atoms with Gasteiger partial charge in [0.1, 0.15) is 6.04 Å². The zero-order valence-electron chi connectivity index (χ0n) is 16.5. The first-order valence-corrected chi connectivity index (χ1v) is 11.3. The summed E-state index contributed by atoms with van der Waals surface area (Å²) in [6, 6.07) is 17.4. The van der Waals surface area contributed by atoms with Gasteiger partial charge >= 0.3 is 0 Å². The Morgan fingerprint density at radius 2 is 1.71 bits per heavy atom. The topological polar surface area (TPSA) is 49.4 Å². The summed E-state index contributed by atoms with van der Waals surface area (Å²) in [5.74, 6) is 0.935. The molecule has 0 aromatic heterocycles. The van der Waals surface area contributed by atoms with E-state index in [4.69, 9.17) is 0 Å². The van der Waals surface area contributed by atoms with Crippen molar-refractivity contribution in [3.05, 3.63) is 70.2 Å². The van der Waals surface area contributed by atoms with E-state index in [0.717, 1.165) is 15.8 Å². The summed E-state index contributed by atoms with van der Waals surface area (Å²) in [5, 5.41) is 2.91. The third-order valence-electron chi connectivity index (χ3n) is 4.18. The molecule has 28 heavy (non-hydrogen) atoms. The van der Waals surface area contributed by atoms with Gasteiger partial charge in [0.15, 0.2) is 0 Å². The van der Waals surface area contributed by atoms with Crippen LogP contribution in [0.4, 0.5) is 0 Å². The smallest absolute Gasteiger partial charge is 0.242 e. The van der Waals surface area contributed by atoms with E-state index in [1.54, 1.807) is 23.6 Å². The number of benzene rings is 2. The molecule has 1 atom stereocenters. The molecule has 1 N–H and O–H groups in total. The summed E-state index contributed by atoms with van der Waals surface area (Å²) in [4.78, 5) is 27.2. The van der Waals surface area contributed by atoms with Crippen LogP contribution in [-0.4, -0.2) is 34.6 Å². The number of amides is 2. The van der Waals surface area contributed by atoms with E-state index in [2.05, 4.69) is 33.4 Å². The van der Waals surface area contributed by atoms with E-state index in [1.807, 2.05) is 56.3 Å². The van der Waals surface area contributed by atoms with E-state index in [-0.39, 0.29) is 17.9 Å². The molecule has 0 bridgehead atoms. The number of hydrogen-bond donors (Lipinski definition) is 1. The number of carbonyl (C=O) groups excluding carboxylic acids is 2. The van der Waals surface area contributed by atoms with Gasteiger partial charge in [-0.15, -0.1) is 11.8 Å². The first-order valence-electron chi connectivity index (χ1n) is 9.32. The Kier molecular flexibility index (Phi) is 9.06. The van der Waals surface area contributed by atoms with Crippen molar-refractivity contribution in [1.29, 1.82) is 0 Å². The molecular formula is C22H27BrN2O2S. The van der Waals surface area contributed by atoms with Crippen molar-refractivity contribution < 1.29 is 9.59 Å². The van der Waals surface area contributed by atoms with Crippen LogP contribution in [0.2, 0.25) is 0 Å². The summed E-state index contributed by atoms with van der Waals surface area (Å²) in [6.45, 7) is 6.02. The van der Waals surface area contributed by atoms with Crippen LogP contribution < -0.4 is 5.32 Å². The first kappa shape index (κ1) is 22.5. The van der Waals surface area contributed by atoms with Gasteiger partial charge in [0.2, 0.25) is 11.8 Å². The average molecular weight is 463 g/mol. The van der Waals surface area contributed by atoms with E-state index in [0.29, 0.717) is 12.3 Å². The quantitative estimate of drug-likeness (QED) is 0.590. The lowest BCUT2D eigenvalue weighted by molar-refractivity contribution is -0.138. The summed E-state index contributed by atoms with van der Waals surface area (Å²) < 4.78 is 0.954. The molecule has 2 rings (SSSR count). The number of thioether (sulfide) groups is 1. The van der Waals surface area contributed by atoms with Gasteiger partial charge in [0.05, 0.1) is 5.75 Å².